The number of hydrogen-bond acceptors (Lipinski definition) is 6. The molecule has 9 nitrogen and oxygen atoms in total. The molecule has 2 heterocycles. The molecule has 4 N–H and O–H groups in total. The van der Waals surface area contributed by atoms with Crippen molar-refractivity contribution in [3.63, 3.8) is 0 Å². The molecule has 0 bridgehead atoms. The predicted molar refractivity (Wildman–Crippen MR) is 84.4 cm³/mol. The van der Waals surface area contributed by atoms with Crippen LogP contribution in [0.5, 0.6) is 0 Å². The van der Waals surface area contributed by atoms with Crippen LogP contribution in [-0.2, 0) is 0 Å². The number of nitrogen functional groups attached to an aromatic ring is 1. The molecule has 1 amide bonds. The summed E-state index contributed by atoms with van der Waals surface area (Å²) < 4.78 is 14.7. The first-order valence-corrected chi connectivity index (χ1v) is 6.72. The Morgan fingerprint density at radius 3 is 2.80 bits per heavy atom. The van der Waals surface area contributed by atoms with Gasteiger partial charge in [-0.05, 0) is 18.2 Å². The smallest absolute Gasteiger partial charge is 0.337 e. The van der Waals surface area contributed by atoms with Gasteiger partial charge in [-0.2, -0.15) is 0 Å². The molecule has 0 aliphatic carbocycles. The molecule has 0 aliphatic rings. The molecule has 0 saturated carbocycles. The average molecular weight is 340 g/mol. The van der Waals surface area contributed by atoms with Gasteiger partial charge in [0.15, 0.2) is 11.3 Å². The molecule has 10 heteroatoms. The van der Waals surface area contributed by atoms with Crippen LogP contribution in [0.25, 0.3) is 5.65 Å². The van der Waals surface area contributed by atoms with E-state index in [0.29, 0.717) is 0 Å². The molecule has 0 radical (unpaired) electrons. The first-order chi connectivity index (χ1) is 11.9. The molecule has 2 aromatic heterocycles. The minimum atomic E-state index is -1.43. The van der Waals surface area contributed by atoms with Gasteiger partial charge in [-0.3, -0.25) is 4.79 Å². The highest BCUT2D eigenvalue weighted by Gasteiger charge is 2.19. The molecule has 1 aromatic carbocycles. The fraction of sp³-hybridized carbons (Fsp3) is 0. The molecule has 0 saturated heterocycles. The Balaban J connectivity index is 2.02. The number of amides is 1. The molecule has 0 fully saturated rings. The normalized spacial score (nSPS) is 10.4. The van der Waals surface area contributed by atoms with Gasteiger partial charge in [0.05, 0.1) is 22.5 Å². The van der Waals surface area contributed by atoms with Crippen molar-refractivity contribution < 1.29 is 19.1 Å². The summed E-state index contributed by atoms with van der Waals surface area (Å²) in [4.78, 5) is 27.5. The van der Waals surface area contributed by atoms with E-state index in [9.17, 15) is 14.0 Å². The van der Waals surface area contributed by atoms with Gasteiger partial charge in [0.25, 0.3) is 5.91 Å². The van der Waals surface area contributed by atoms with Crippen molar-refractivity contribution in [2.24, 2.45) is 0 Å². The Morgan fingerprint density at radius 2 is 2.12 bits per heavy atom. The standard InChI is InChI=1S/C15H9FN6O3/c1-2-7-3-11(8(15(24)25)4-9(7)16)20-14(23)12-5-10(17)13-18-6-19-22(13)21-12/h1,3-6H,17H2,(H,20,23)(H,24,25). The minimum Gasteiger partial charge on any atom is -0.478 e. The molecule has 25 heavy (non-hydrogen) atoms. The zero-order valence-electron chi connectivity index (χ0n) is 12.4. The summed E-state index contributed by atoms with van der Waals surface area (Å²) in [5, 5.41) is 19.2. The number of nitrogens with two attached hydrogens (primary N) is 1. The Morgan fingerprint density at radius 1 is 1.36 bits per heavy atom. The van der Waals surface area contributed by atoms with Crippen LogP contribution < -0.4 is 11.1 Å². The van der Waals surface area contributed by atoms with Crippen LogP contribution in [0.2, 0.25) is 0 Å². The fourth-order valence-electron chi connectivity index (χ4n) is 2.10. The highest BCUT2D eigenvalue weighted by atomic mass is 19.1. The number of aromatic nitrogens is 4. The van der Waals surface area contributed by atoms with Crippen LogP contribution in [0.3, 0.4) is 0 Å². The van der Waals surface area contributed by atoms with E-state index in [1.807, 2.05) is 0 Å². The van der Waals surface area contributed by atoms with E-state index in [4.69, 9.17) is 17.3 Å². The largest absolute Gasteiger partial charge is 0.478 e. The van der Waals surface area contributed by atoms with Crippen LogP contribution >= 0.6 is 0 Å². The average Bonchev–Trinajstić information content (AvgIpc) is 3.04. The van der Waals surface area contributed by atoms with Crippen molar-refractivity contribution in [1.82, 2.24) is 19.8 Å². The lowest BCUT2D eigenvalue weighted by molar-refractivity contribution is 0.0697. The summed E-state index contributed by atoms with van der Waals surface area (Å²) in [6.45, 7) is 0. The van der Waals surface area contributed by atoms with E-state index in [2.05, 4.69) is 26.4 Å². The van der Waals surface area contributed by atoms with Gasteiger partial charge in [0.2, 0.25) is 0 Å². The first-order valence-electron chi connectivity index (χ1n) is 6.72. The van der Waals surface area contributed by atoms with Crippen LogP contribution in [0.15, 0.2) is 24.5 Å². The van der Waals surface area contributed by atoms with Gasteiger partial charge in [0.1, 0.15) is 12.1 Å². The molecule has 0 spiro atoms. The number of rotatable bonds is 3. The molecule has 3 rings (SSSR count). The van der Waals surface area contributed by atoms with E-state index in [0.717, 1.165) is 16.8 Å². The van der Waals surface area contributed by atoms with Gasteiger partial charge in [-0.15, -0.1) is 21.3 Å². The molecule has 0 aliphatic heterocycles. The monoisotopic (exact) mass is 340 g/mol. The lowest BCUT2D eigenvalue weighted by atomic mass is 10.1. The number of hydrogen-bond donors (Lipinski definition) is 3. The molecular weight excluding hydrogens is 331 g/mol. The number of carboxylic acid groups (broad SMARTS) is 1. The topological polar surface area (TPSA) is 136 Å². The predicted octanol–water partition coefficient (Wildman–Crippen LogP) is 0.777. The molecule has 0 atom stereocenters. The third kappa shape index (κ3) is 2.81. The highest BCUT2D eigenvalue weighted by Crippen LogP contribution is 2.22. The van der Waals surface area contributed by atoms with Crippen molar-refractivity contribution in [1.29, 1.82) is 0 Å². The summed E-state index contributed by atoms with van der Waals surface area (Å²) in [6.07, 6.45) is 6.37. The van der Waals surface area contributed by atoms with Crippen LogP contribution in [0, 0.1) is 18.2 Å². The van der Waals surface area contributed by atoms with Crippen molar-refractivity contribution >= 4 is 28.9 Å². The van der Waals surface area contributed by atoms with E-state index < -0.39 is 23.3 Å². The van der Waals surface area contributed by atoms with Gasteiger partial charge in [0, 0.05) is 0 Å². The summed E-state index contributed by atoms with van der Waals surface area (Å²) in [7, 11) is 0. The quantitative estimate of drug-likeness (QED) is 0.599. The highest BCUT2D eigenvalue weighted by molar-refractivity contribution is 6.07. The second-order valence-corrected chi connectivity index (χ2v) is 4.84. The first kappa shape index (κ1) is 15.9. The molecular formula is C15H9FN6O3. The maximum Gasteiger partial charge on any atom is 0.337 e. The lowest BCUT2D eigenvalue weighted by Crippen LogP contribution is -2.18. The number of fused-ring (bicyclic) bond motifs is 1. The van der Waals surface area contributed by atoms with Crippen molar-refractivity contribution in [3.8, 4) is 12.3 Å². The van der Waals surface area contributed by atoms with Gasteiger partial charge >= 0.3 is 5.97 Å². The SMILES string of the molecule is C#Cc1cc(NC(=O)c2cc(N)c3ncnn3n2)c(C(=O)O)cc1F. The third-order valence-electron chi connectivity index (χ3n) is 3.26. The number of aromatic carboxylic acids is 1. The van der Waals surface area contributed by atoms with Gasteiger partial charge in [-0.1, -0.05) is 5.92 Å². The number of carboxylic acids is 1. The van der Waals surface area contributed by atoms with Crippen LogP contribution in [0.1, 0.15) is 26.4 Å². The second-order valence-electron chi connectivity index (χ2n) is 4.84. The minimum absolute atomic E-state index is 0.140. The Bertz CT molecular complexity index is 1070. The van der Waals surface area contributed by atoms with Gasteiger partial charge < -0.3 is 16.2 Å². The Kier molecular flexibility index (Phi) is 3.74. The molecule has 3 aromatic rings. The Hall–Kier alpha value is -4.00. The summed E-state index contributed by atoms with van der Waals surface area (Å²) in [5.41, 5.74) is 5.21. The third-order valence-corrected chi connectivity index (χ3v) is 3.26. The van der Waals surface area contributed by atoms with E-state index in [1.54, 1.807) is 0 Å². The van der Waals surface area contributed by atoms with Crippen molar-refractivity contribution in [2.45, 2.75) is 0 Å². The van der Waals surface area contributed by atoms with Crippen LogP contribution in [0.4, 0.5) is 15.8 Å². The lowest BCUT2D eigenvalue weighted by Gasteiger charge is -2.10. The maximum absolute atomic E-state index is 13.7. The number of benzene rings is 1. The summed E-state index contributed by atoms with van der Waals surface area (Å²) in [5.74, 6) is -1.03. The molecule has 0 unspecified atom stereocenters. The number of nitrogens with one attached hydrogen (secondary N) is 1. The number of nitrogens with zero attached hydrogens (tertiary/aromatic N) is 4. The zero-order valence-corrected chi connectivity index (χ0v) is 12.4. The Labute approximate surface area is 139 Å². The summed E-state index contributed by atoms with van der Waals surface area (Å²) in [6, 6.07) is 3.04. The van der Waals surface area contributed by atoms with Gasteiger partial charge in [-0.25, -0.2) is 14.2 Å². The number of halogens is 1. The zero-order chi connectivity index (χ0) is 18.1. The maximum atomic E-state index is 13.7. The van der Waals surface area contributed by atoms with E-state index in [-0.39, 0.29) is 28.3 Å². The van der Waals surface area contributed by atoms with Crippen LogP contribution in [-0.4, -0.2) is 36.8 Å². The number of anilines is 2. The van der Waals surface area contributed by atoms with Crippen molar-refractivity contribution in [3.05, 3.63) is 47.2 Å². The molecule has 124 valence electrons. The second kappa shape index (κ2) is 5.89. The van der Waals surface area contributed by atoms with E-state index in [1.165, 1.54) is 12.4 Å². The number of carbonyl (C=O) groups is 2. The fourth-order valence-corrected chi connectivity index (χ4v) is 2.10. The number of carbonyl (C=O) groups excluding carboxylic acids is 1. The van der Waals surface area contributed by atoms with E-state index >= 15 is 0 Å². The van der Waals surface area contributed by atoms with Crippen molar-refractivity contribution in [2.75, 3.05) is 11.1 Å². The number of terminal acetylenes is 1. The summed E-state index contributed by atoms with van der Waals surface area (Å²) >= 11 is 0.